The Balaban J connectivity index is 1.58. The third-order valence-electron chi connectivity index (χ3n) is 2.64. The lowest BCUT2D eigenvalue weighted by Gasteiger charge is -2.13. The average molecular weight is 210 g/mol. The Morgan fingerprint density at radius 2 is 2.13 bits per heavy atom. The molecule has 2 heterocycles. The van der Waals surface area contributed by atoms with Gasteiger partial charge in [0.05, 0.1) is 13.6 Å². The third kappa shape index (κ3) is 3.24. The van der Waals surface area contributed by atoms with Gasteiger partial charge in [0, 0.05) is 13.1 Å². The van der Waals surface area contributed by atoms with Crippen molar-refractivity contribution in [3.05, 3.63) is 5.82 Å². The van der Waals surface area contributed by atoms with Crippen molar-refractivity contribution in [1.29, 1.82) is 0 Å². The van der Waals surface area contributed by atoms with E-state index >= 15 is 0 Å². The van der Waals surface area contributed by atoms with Crippen molar-refractivity contribution in [3.63, 3.8) is 0 Å². The van der Waals surface area contributed by atoms with E-state index in [1.165, 1.54) is 30.7 Å². The Bertz CT molecular complexity index is 291. The normalized spacial score (nSPS) is 17.4. The Morgan fingerprint density at radius 1 is 1.33 bits per heavy atom. The molecule has 2 rings (SSSR count). The van der Waals surface area contributed by atoms with Crippen LogP contribution in [-0.2, 0) is 13.6 Å². The summed E-state index contributed by atoms with van der Waals surface area (Å²) in [5.74, 6) is 0.763. The van der Waals surface area contributed by atoms with E-state index in [2.05, 4.69) is 25.6 Å². The SMILES string of the molecule is Cn1nnc(CNCCN2CCCC2)n1. The first kappa shape index (κ1) is 10.5. The second-order valence-electron chi connectivity index (χ2n) is 3.92. The lowest BCUT2D eigenvalue weighted by atomic mass is 10.4. The summed E-state index contributed by atoms with van der Waals surface area (Å²) in [5, 5.41) is 15.1. The molecule has 84 valence electrons. The summed E-state index contributed by atoms with van der Waals surface area (Å²) >= 11 is 0. The summed E-state index contributed by atoms with van der Waals surface area (Å²) < 4.78 is 0. The van der Waals surface area contributed by atoms with Gasteiger partial charge in [-0.1, -0.05) is 0 Å². The average Bonchev–Trinajstić information content (AvgIpc) is 2.84. The molecule has 1 aliphatic heterocycles. The monoisotopic (exact) mass is 210 g/mol. The Hall–Kier alpha value is -1.01. The van der Waals surface area contributed by atoms with Gasteiger partial charge in [-0.3, -0.25) is 0 Å². The molecule has 1 fully saturated rings. The van der Waals surface area contributed by atoms with Crippen LogP contribution in [-0.4, -0.2) is 51.3 Å². The van der Waals surface area contributed by atoms with E-state index in [0.29, 0.717) is 6.54 Å². The molecular weight excluding hydrogens is 192 g/mol. The van der Waals surface area contributed by atoms with E-state index < -0.39 is 0 Å². The number of likely N-dealkylation sites (tertiary alicyclic amines) is 1. The second-order valence-corrected chi connectivity index (χ2v) is 3.92. The fraction of sp³-hybridized carbons (Fsp3) is 0.889. The van der Waals surface area contributed by atoms with Gasteiger partial charge in [-0.05, 0) is 31.1 Å². The number of nitrogens with one attached hydrogen (secondary N) is 1. The summed E-state index contributed by atoms with van der Waals surface area (Å²) in [5.41, 5.74) is 0. The van der Waals surface area contributed by atoms with Gasteiger partial charge >= 0.3 is 0 Å². The van der Waals surface area contributed by atoms with Crippen molar-refractivity contribution in [2.75, 3.05) is 26.2 Å². The summed E-state index contributed by atoms with van der Waals surface area (Å²) in [6.07, 6.45) is 2.71. The quantitative estimate of drug-likeness (QED) is 0.657. The maximum Gasteiger partial charge on any atom is 0.188 e. The molecule has 15 heavy (non-hydrogen) atoms. The first-order chi connectivity index (χ1) is 7.34. The first-order valence-electron chi connectivity index (χ1n) is 5.50. The highest BCUT2D eigenvalue weighted by Gasteiger charge is 2.10. The molecule has 6 heteroatoms. The van der Waals surface area contributed by atoms with Crippen LogP contribution in [0.4, 0.5) is 0 Å². The highest BCUT2D eigenvalue weighted by atomic mass is 15.6. The highest BCUT2D eigenvalue weighted by Crippen LogP contribution is 2.05. The predicted molar refractivity (Wildman–Crippen MR) is 56.2 cm³/mol. The number of nitrogens with zero attached hydrogens (tertiary/aromatic N) is 5. The molecule has 1 aromatic heterocycles. The largest absolute Gasteiger partial charge is 0.308 e. The van der Waals surface area contributed by atoms with Crippen LogP contribution in [0.3, 0.4) is 0 Å². The van der Waals surface area contributed by atoms with E-state index in [1.807, 2.05) is 0 Å². The van der Waals surface area contributed by atoms with Crippen LogP contribution in [0.1, 0.15) is 18.7 Å². The number of rotatable bonds is 5. The number of aromatic nitrogens is 4. The molecule has 0 bridgehead atoms. The van der Waals surface area contributed by atoms with E-state index in [0.717, 1.165) is 18.9 Å². The van der Waals surface area contributed by atoms with Gasteiger partial charge in [-0.2, -0.15) is 4.80 Å². The Labute approximate surface area is 89.6 Å². The third-order valence-corrected chi connectivity index (χ3v) is 2.64. The van der Waals surface area contributed by atoms with Gasteiger partial charge < -0.3 is 10.2 Å². The number of hydrogen-bond acceptors (Lipinski definition) is 5. The van der Waals surface area contributed by atoms with Crippen LogP contribution in [0.25, 0.3) is 0 Å². The molecule has 1 saturated heterocycles. The minimum absolute atomic E-state index is 0.710. The number of tetrazole rings is 1. The standard InChI is InChI=1S/C9H18N6/c1-14-12-9(11-13-14)8-10-4-7-15-5-2-3-6-15/h10H,2-8H2,1H3. The van der Waals surface area contributed by atoms with E-state index in [4.69, 9.17) is 0 Å². The zero-order chi connectivity index (χ0) is 10.5. The molecule has 1 N–H and O–H groups in total. The summed E-state index contributed by atoms with van der Waals surface area (Å²) in [7, 11) is 1.78. The zero-order valence-electron chi connectivity index (χ0n) is 9.19. The van der Waals surface area contributed by atoms with Gasteiger partial charge in [-0.25, -0.2) is 0 Å². The van der Waals surface area contributed by atoms with Crippen molar-refractivity contribution in [1.82, 2.24) is 30.4 Å². The Morgan fingerprint density at radius 3 is 2.80 bits per heavy atom. The lowest BCUT2D eigenvalue weighted by Crippen LogP contribution is -2.29. The maximum absolute atomic E-state index is 4.10. The predicted octanol–water partition coefficient (Wildman–Crippen LogP) is -0.604. The van der Waals surface area contributed by atoms with E-state index in [1.54, 1.807) is 7.05 Å². The molecule has 0 amide bonds. The molecule has 1 aromatic rings. The van der Waals surface area contributed by atoms with Crippen LogP contribution >= 0.6 is 0 Å². The number of aryl methyl sites for hydroxylation is 1. The first-order valence-corrected chi connectivity index (χ1v) is 5.50. The van der Waals surface area contributed by atoms with Crippen LogP contribution in [0.2, 0.25) is 0 Å². The molecule has 0 atom stereocenters. The van der Waals surface area contributed by atoms with Gasteiger partial charge in [0.1, 0.15) is 0 Å². The smallest absolute Gasteiger partial charge is 0.188 e. The molecule has 6 nitrogen and oxygen atoms in total. The van der Waals surface area contributed by atoms with Crippen LogP contribution in [0, 0.1) is 0 Å². The van der Waals surface area contributed by atoms with E-state index in [-0.39, 0.29) is 0 Å². The molecular formula is C9H18N6. The fourth-order valence-corrected chi connectivity index (χ4v) is 1.84. The van der Waals surface area contributed by atoms with E-state index in [9.17, 15) is 0 Å². The topological polar surface area (TPSA) is 58.9 Å². The van der Waals surface area contributed by atoms with Gasteiger partial charge in [-0.15, -0.1) is 10.2 Å². The molecule has 0 spiro atoms. The highest BCUT2D eigenvalue weighted by molar-refractivity contribution is 4.75. The molecule has 0 radical (unpaired) electrons. The Kier molecular flexibility index (Phi) is 3.63. The molecule has 0 aliphatic carbocycles. The number of hydrogen-bond donors (Lipinski definition) is 1. The van der Waals surface area contributed by atoms with Crippen LogP contribution in [0.5, 0.6) is 0 Å². The lowest BCUT2D eigenvalue weighted by molar-refractivity contribution is 0.335. The molecule has 1 aliphatic rings. The summed E-state index contributed by atoms with van der Waals surface area (Å²) in [6.45, 7) is 5.34. The van der Waals surface area contributed by atoms with Gasteiger partial charge in [0.2, 0.25) is 0 Å². The maximum atomic E-state index is 4.10. The molecule has 0 aromatic carbocycles. The zero-order valence-corrected chi connectivity index (χ0v) is 9.19. The summed E-state index contributed by atoms with van der Waals surface area (Å²) in [4.78, 5) is 3.97. The minimum atomic E-state index is 0.710. The second kappa shape index (κ2) is 5.18. The van der Waals surface area contributed by atoms with Crippen LogP contribution in [0.15, 0.2) is 0 Å². The van der Waals surface area contributed by atoms with Crippen molar-refractivity contribution in [2.24, 2.45) is 7.05 Å². The van der Waals surface area contributed by atoms with Gasteiger partial charge in [0.15, 0.2) is 5.82 Å². The van der Waals surface area contributed by atoms with Crippen LogP contribution < -0.4 is 5.32 Å². The summed E-state index contributed by atoms with van der Waals surface area (Å²) in [6, 6.07) is 0. The van der Waals surface area contributed by atoms with Crippen molar-refractivity contribution < 1.29 is 0 Å². The van der Waals surface area contributed by atoms with Crippen molar-refractivity contribution in [3.8, 4) is 0 Å². The van der Waals surface area contributed by atoms with Crippen molar-refractivity contribution in [2.45, 2.75) is 19.4 Å². The minimum Gasteiger partial charge on any atom is -0.308 e. The molecule has 0 saturated carbocycles. The fourth-order valence-electron chi connectivity index (χ4n) is 1.84. The van der Waals surface area contributed by atoms with Gasteiger partial charge in [0.25, 0.3) is 0 Å². The molecule has 0 unspecified atom stereocenters. The van der Waals surface area contributed by atoms with Crippen molar-refractivity contribution >= 4 is 0 Å².